The summed E-state index contributed by atoms with van der Waals surface area (Å²) in [5, 5.41) is 13.7. The zero-order chi connectivity index (χ0) is 14.9. The molecule has 0 bridgehead atoms. The average molecular weight is 311 g/mol. The largest absolute Gasteiger partial charge is 0.264 e. The minimum atomic E-state index is -0.248. The highest BCUT2D eigenvalue weighted by atomic mass is 32.1. The van der Waals surface area contributed by atoms with Gasteiger partial charge in [-0.3, -0.25) is 4.98 Å². The number of aromatic nitrogens is 5. The summed E-state index contributed by atoms with van der Waals surface area (Å²) in [6.45, 7) is 0. The van der Waals surface area contributed by atoms with Gasteiger partial charge in [0.15, 0.2) is 5.82 Å². The summed E-state index contributed by atoms with van der Waals surface area (Å²) >= 11 is 1.46. The number of nitrogens with zero attached hydrogens (tertiary/aromatic N) is 5. The number of pyridine rings is 1. The van der Waals surface area contributed by atoms with Gasteiger partial charge < -0.3 is 0 Å². The Morgan fingerprint density at radius 1 is 1.09 bits per heavy atom. The van der Waals surface area contributed by atoms with Gasteiger partial charge in [0.1, 0.15) is 10.8 Å². The maximum Gasteiger partial charge on any atom is 0.234 e. The number of rotatable bonds is 3. The Kier molecular flexibility index (Phi) is 3.12. The van der Waals surface area contributed by atoms with E-state index in [4.69, 9.17) is 0 Å². The molecule has 0 aliphatic rings. The van der Waals surface area contributed by atoms with Crippen molar-refractivity contribution >= 4 is 16.3 Å². The molecule has 0 radical (unpaired) electrons. The molecule has 0 aliphatic heterocycles. The second-order valence-electron chi connectivity index (χ2n) is 4.76. The van der Waals surface area contributed by atoms with Crippen molar-refractivity contribution < 1.29 is 4.39 Å². The van der Waals surface area contributed by atoms with E-state index < -0.39 is 0 Å². The monoisotopic (exact) mass is 311 g/mol. The topological polar surface area (TPSA) is 56.0 Å². The fourth-order valence-corrected chi connectivity index (χ4v) is 3.01. The van der Waals surface area contributed by atoms with E-state index in [1.165, 1.54) is 23.5 Å². The standard InChI is InChI=1S/C15H10FN5S/c16-12-5-3-10(4-6-12)8-13-18-19-15-21(13)20-14(22-15)11-2-1-7-17-9-11/h1-7,9H,8H2. The lowest BCUT2D eigenvalue weighted by Gasteiger charge is -1.98. The number of fused-ring (bicyclic) bond motifs is 1. The van der Waals surface area contributed by atoms with Crippen molar-refractivity contribution in [3.8, 4) is 10.6 Å². The summed E-state index contributed by atoms with van der Waals surface area (Å²) in [6, 6.07) is 10.2. The van der Waals surface area contributed by atoms with Crippen LogP contribution in [-0.2, 0) is 6.42 Å². The first-order chi connectivity index (χ1) is 10.8. The van der Waals surface area contributed by atoms with E-state index in [1.807, 2.05) is 12.1 Å². The van der Waals surface area contributed by atoms with Crippen LogP contribution in [0.25, 0.3) is 15.5 Å². The molecular formula is C15H10FN5S. The molecule has 4 aromatic rings. The molecule has 7 heteroatoms. The molecule has 0 atom stereocenters. The molecule has 0 aliphatic carbocycles. The molecule has 5 nitrogen and oxygen atoms in total. The zero-order valence-electron chi connectivity index (χ0n) is 11.3. The number of hydrogen-bond acceptors (Lipinski definition) is 5. The predicted octanol–water partition coefficient (Wildman–Crippen LogP) is 2.98. The van der Waals surface area contributed by atoms with Crippen LogP contribution in [0.1, 0.15) is 11.4 Å². The third-order valence-electron chi connectivity index (χ3n) is 3.24. The molecule has 0 fully saturated rings. The van der Waals surface area contributed by atoms with Gasteiger partial charge in [-0.25, -0.2) is 4.39 Å². The molecule has 0 saturated carbocycles. The molecule has 0 spiro atoms. The molecule has 108 valence electrons. The van der Waals surface area contributed by atoms with Gasteiger partial charge in [-0.2, -0.15) is 9.61 Å². The Bertz CT molecular complexity index is 914. The van der Waals surface area contributed by atoms with Gasteiger partial charge in [0, 0.05) is 24.4 Å². The van der Waals surface area contributed by atoms with E-state index in [0.717, 1.165) is 26.9 Å². The van der Waals surface area contributed by atoms with Crippen molar-refractivity contribution in [2.24, 2.45) is 0 Å². The summed E-state index contributed by atoms with van der Waals surface area (Å²) in [5.41, 5.74) is 1.91. The van der Waals surface area contributed by atoms with E-state index in [0.29, 0.717) is 6.42 Å². The molecular weight excluding hydrogens is 301 g/mol. The van der Waals surface area contributed by atoms with Crippen molar-refractivity contribution in [3.05, 3.63) is 66.0 Å². The highest BCUT2D eigenvalue weighted by Crippen LogP contribution is 2.25. The third-order valence-corrected chi connectivity index (χ3v) is 4.19. The van der Waals surface area contributed by atoms with E-state index in [9.17, 15) is 4.39 Å². The summed E-state index contributed by atoms with van der Waals surface area (Å²) in [6.07, 6.45) is 4.05. The lowest BCUT2D eigenvalue weighted by atomic mass is 10.1. The first-order valence-corrected chi connectivity index (χ1v) is 7.47. The Balaban J connectivity index is 1.70. The average Bonchev–Trinajstić information content (AvgIpc) is 3.12. The minimum absolute atomic E-state index is 0.248. The molecule has 3 heterocycles. The maximum absolute atomic E-state index is 13.0. The smallest absolute Gasteiger partial charge is 0.234 e. The zero-order valence-corrected chi connectivity index (χ0v) is 12.2. The molecule has 0 N–H and O–H groups in total. The van der Waals surface area contributed by atoms with Gasteiger partial charge in [-0.1, -0.05) is 23.5 Å². The van der Waals surface area contributed by atoms with Gasteiger partial charge in [0.2, 0.25) is 4.96 Å². The van der Waals surface area contributed by atoms with Crippen LogP contribution in [0.4, 0.5) is 4.39 Å². The van der Waals surface area contributed by atoms with E-state index in [1.54, 1.807) is 29.0 Å². The van der Waals surface area contributed by atoms with Crippen LogP contribution in [0.2, 0.25) is 0 Å². The number of hydrogen-bond donors (Lipinski definition) is 0. The van der Waals surface area contributed by atoms with Crippen molar-refractivity contribution in [3.63, 3.8) is 0 Å². The lowest BCUT2D eigenvalue weighted by molar-refractivity contribution is 0.627. The molecule has 22 heavy (non-hydrogen) atoms. The second-order valence-corrected chi connectivity index (χ2v) is 5.72. The van der Waals surface area contributed by atoms with Crippen molar-refractivity contribution in [2.75, 3.05) is 0 Å². The predicted molar refractivity (Wildman–Crippen MR) is 81.1 cm³/mol. The fourth-order valence-electron chi connectivity index (χ4n) is 2.16. The van der Waals surface area contributed by atoms with Crippen LogP contribution >= 0.6 is 11.3 Å². The molecule has 0 unspecified atom stereocenters. The Morgan fingerprint density at radius 3 is 2.73 bits per heavy atom. The number of benzene rings is 1. The van der Waals surface area contributed by atoms with Crippen molar-refractivity contribution in [1.29, 1.82) is 0 Å². The highest BCUT2D eigenvalue weighted by molar-refractivity contribution is 7.19. The van der Waals surface area contributed by atoms with Crippen molar-refractivity contribution in [2.45, 2.75) is 6.42 Å². The first-order valence-electron chi connectivity index (χ1n) is 6.65. The highest BCUT2D eigenvalue weighted by Gasteiger charge is 2.13. The quantitative estimate of drug-likeness (QED) is 0.583. The summed E-state index contributed by atoms with van der Waals surface area (Å²) < 4.78 is 14.7. The SMILES string of the molecule is Fc1ccc(Cc2nnc3sc(-c4cccnc4)nn23)cc1. The lowest BCUT2D eigenvalue weighted by Crippen LogP contribution is -1.97. The second kappa shape index (κ2) is 5.27. The molecule has 0 saturated heterocycles. The summed E-state index contributed by atoms with van der Waals surface area (Å²) in [5.74, 6) is 0.482. The Hall–Kier alpha value is -2.67. The third kappa shape index (κ3) is 2.35. The van der Waals surface area contributed by atoms with Crippen LogP contribution in [-0.4, -0.2) is 24.8 Å². The van der Waals surface area contributed by atoms with Crippen LogP contribution in [0, 0.1) is 5.82 Å². The molecule has 3 aromatic heterocycles. The van der Waals surface area contributed by atoms with Crippen LogP contribution in [0.5, 0.6) is 0 Å². The minimum Gasteiger partial charge on any atom is -0.264 e. The van der Waals surface area contributed by atoms with E-state index in [2.05, 4.69) is 20.3 Å². The van der Waals surface area contributed by atoms with Crippen LogP contribution in [0.3, 0.4) is 0 Å². The molecule has 4 rings (SSSR count). The van der Waals surface area contributed by atoms with E-state index >= 15 is 0 Å². The Morgan fingerprint density at radius 2 is 1.95 bits per heavy atom. The van der Waals surface area contributed by atoms with Gasteiger partial charge in [-0.15, -0.1) is 10.2 Å². The Labute approximate surface area is 129 Å². The summed E-state index contributed by atoms with van der Waals surface area (Å²) in [7, 11) is 0. The fraction of sp³-hybridized carbons (Fsp3) is 0.0667. The molecule has 1 aromatic carbocycles. The first kappa shape index (κ1) is 13.0. The normalized spacial score (nSPS) is 11.1. The van der Waals surface area contributed by atoms with Gasteiger partial charge in [0.25, 0.3) is 0 Å². The number of halogens is 1. The van der Waals surface area contributed by atoms with Crippen LogP contribution < -0.4 is 0 Å². The van der Waals surface area contributed by atoms with Gasteiger partial charge in [-0.05, 0) is 29.8 Å². The summed E-state index contributed by atoms with van der Waals surface area (Å²) in [4.78, 5) is 4.83. The van der Waals surface area contributed by atoms with Crippen LogP contribution in [0.15, 0.2) is 48.8 Å². The van der Waals surface area contributed by atoms with E-state index in [-0.39, 0.29) is 5.82 Å². The van der Waals surface area contributed by atoms with Gasteiger partial charge in [0.05, 0.1) is 0 Å². The maximum atomic E-state index is 13.0. The molecule has 0 amide bonds. The van der Waals surface area contributed by atoms with Crippen molar-refractivity contribution in [1.82, 2.24) is 24.8 Å². The van der Waals surface area contributed by atoms with Gasteiger partial charge >= 0.3 is 0 Å².